The van der Waals surface area contributed by atoms with Crippen LogP contribution < -0.4 is 5.73 Å². The molecule has 0 radical (unpaired) electrons. The van der Waals surface area contributed by atoms with Crippen LogP contribution in [0.1, 0.15) is 44.9 Å². The Morgan fingerprint density at radius 2 is 2.17 bits per heavy atom. The van der Waals surface area contributed by atoms with E-state index in [1.807, 2.05) is 42.2 Å². The average Bonchev–Trinajstić information content (AvgIpc) is 3.24. The van der Waals surface area contributed by atoms with Crippen molar-refractivity contribution in [2.75, 3.05) is 13.1 Å². The Morgan fingerprint density at radius 1 is 1.38 bits per heavy atom. The molecule has 1 unspecified atom stereocenters. The van der Waals surface area contributed by atoms with Crippen LogP contribution in [0.4, 0.5) is 0 Å². The number of fused-ring (bicyclic) bond motifs is 1. The van der Waals surface area contributed by atoms with Gasteiger partial charge in [-0.05, 0) is 38.3 Å². The molecule has 2 heterocycles. The SMILES string of the molecule is CCCN(C(=O)[C@@H]1CC[C@H](CN)O1)C(C)c1cc2ccccc2o1. The summed E-state index contributed by atoms with van der Waals surface area (Å²) in [5.41, 5.74) is 6.51. The zero-order chi connectivity index (χ0) is 17.1. The molecule has 1 fully saturated rings. The molecule has 1 aromatic heterocycles. The molecule has 0 saturated carbocycles. The van der Waals surface area contributed by atoms with Crippen molar-refractivity contribution in [2.45, 2.75) is 51.4 Å². The monoisotopic (exact) mass is 330 g/mol. The lowest BCUT2D eigenvalue weighted by molar-refractivity contribution is -0.145. The highest BCUT2D eigenvalue weighted by atomic mass is 16.5. The molecule has 5 heteroatoms. The summed E-state index contributed by atoms with van der Waals surface area (Å²) in [5, 5.41) is 1.06. The number of amides is 1. The van der Waals surface area contributed by atoms with Gasteiger partial charge in [-0.2, -0.15) is 0 Å². The number of nitrogens with two attached hydrogens (primary N) is 1. The lowest BCUT2D eigenvalue weighted by Gasteiger charge is -2.30. The van der Waals surface area contributed by atoms with Gasteiger partial charge in [-0.3, -0.25) is 4.79 Å². The van der Waals surface area contributed by atoms with Gasteiger partial charge < -0.3 is 19.8 Å². The van der Waals surface area contributed by atoms with E-state index in [0.29, 0.717) is 13.1 Å². The number of carbonyl (C=O) groups excluding carboxylic acids is 1. The van der Waals surface area contributed by atoms with Crippen LogP contribution in [-0.2, 0) is 9.53 Å². The van der Waals surface area contributed by atoms with Crippen molar-refractivity contribution >= 4 is 16.9 Å². The van der Waals surface area contributed by atoms with E-state index in [9.17, 15) is 4.79 Å². The van der Waals surface area contributed by atoms with E-state index in [4.69, 9.17) is 14.9 Å². The Morgan fingerprint density at radius 3 is 2.83 bits per heavy atom. The molecule has 130 valence electrons. The summed E-state index contributed by atoms with van der Waals surface area (Å²) in [6.07, 6.45) is 2.11. The maximum atomic E-state index is 12.9. The molecular formula is C19H26N2O3. The Hall–Kier alpha value is -1.85. The van der Waals surface area contributed by atoms with E-state index >= 15 is 0 Å². The second-order valence-corrected chi connectivity index (χ2v) is 6.45. The van der Waals surface area contributed by atoms with E-state index in [2.05, 4.69) is 6.92 Å². The first-order valence-corrected chi connectivity index (χ1v) is 8.78. The number of nitrogens with zero attached hydrogens (tertiary/aromatic N) is 1. The summed E-state index contributed by atoms with van der Waals surface area (Å²) in [4.78, 5) is 14.8. The van der Waals surface area contributed by atoms with Gasteiger partial charge in [0.05, 0.1) is 12.1 Å². The van der Waals surface area contributed by atoms with Gasteiger partial charge in [0.2, 0.25) is 0 Å². The summed E-state index contributed by atoms with van der Waals surface area (Å²) >= 11 is 0. The summed E-state index contributed by atoms with van der Waals surface area (Å²) < 4.78 is 11.8. The predicted octanol–water partition coefficient (Wildman–Crippen LogP) is 3.24. The van der Waals surface area contributed by atoms with Crippen molar-refractivity contribution in [2.24, 2.45) is 5.73 Å². The van der Waals surface area contributed by atoms with E-state index in [-0.39, 0.29) is 24.2 Å². The van der Waals surface area contributed by atoms with Crippen LogP contribution in [0, 0.1) is 0 Å². The van der Waals surface area contributed by atoms with E-state index in [1.165, 1.54) is 0 Å². The van der Waals surface area contributed by atoms with Crippen molar-refractivity contribution in [3.8, 4) is 0 Å². The molecule has 1 aromatic carbocycles. The maximum absolute atomic E-state index is 12.9. The molecule has 1 aliphatic rings. The molecule has 5 nitrogen and oxygen atoms in total. The van der Waals surface area contributed by atoms with E-state index in [0.717, 1.165) is 36.0 Å². The van der Waals surface area contributed by atoms with Crippen molar-refractivity contribution in [3.63, 3.8) is 0 Å². The molecule has 1 amide bonds. The highest BCUT2D eigenvalue weighted by molar-refractivity contribution is 5.82. The van der Waals surface area contributed by atoms with Gasteiger partial charge in [-0.15, -0.1) is 0 Å². The number of hydrogen-bond donors (Lipinski definition) is 1. The molecular weight excluding hydrogens is 304 g/mol. The lowest BCUT2D eigenvalue weighted by Crippen LogP contribution is -2.41. The normalized spacial score (nSPS) is 22.0. The standard InChI is InChI=1S/C19H26N2O3/c1-3-10-21(19(22)17-9-8-15(12-20)23-17)13(2)18-11-14-6-4-5-7-16(14)24-18/h4-7,11,13,15,17H,3,8-10,12,20H2,1-2H3/t13?,15-,17+/m1/s1. The average molecular weight is 330 g/mol. The Bertz CT molecular complexity index is 664. The van der Waals surface area contributed by atoms with Crippen LogP contribution in [-0.4, -0.2) is 36.1 Å². The topological polar surface area (TPSA) is 68.7 Å². The fourth-order valence-electron chi connectivity index (χ4n) is 3.34. The minimum atomic E-state index is -0.378. The first-order chi connectivity index (χ1) is 11.6. The van der Waals surface area contributed by atoms with Crippen LogP contribution >= 0.6 is 0 Å². The lowest BCUT2D eigenvalue weighted by atomic mass is 10.1. The van der Waals surface area contributed by atoms with Gasteiger partial charge in [0.1, 0.15) is 17.4 Å². The number of carbonyl (C=O) groups is 1. The molecule has 0 aliphatic carbocycles. The zero-order valence-electron chi connectivity index (χ0n) is 14.4. The first-order valence-electron chi connectivity index (χ1n) is 8.78. The van der Waals surface area contributed by atoms with E-state index in [1.54, 1.807) is 0 Å². The minimum Gasteiger partial charge on any atom is -0.459 e. The first kappa shape index (κ1) is 17.0. The van der Waals surface area contributed by atoms with Crippen molar-refractivity contribution in [1.82, 2.24) is 4.90 Å². The minimum absolute atomic E-state index is 0.00364. The predicted molar refractivity (Wildman–Crippen MR) is 93.6 cm³/mol. The molecule has 1 saturated heterocycles. The number of ether oxygens (including phenoxy) is 1. The summed E-state index contributed by atoms with van der Waals surface area (Å²) in [5.74, 6) is 0.854. The second kappa shape index (κ2) is 7.36. The summed E-state index contributed by atoms with van der Waals surface area (Å²) in [7, 11) is 0. The molecule has 0 bridgehead atoms. The summed E-state index contributed by atoms with van der Waals surface area (Å²) in [6, 6.07) is 9.81. The van der Waals surface area contributed by atoms with Gasteiger partial charge in [0.15, 0.2) is 0 Å². The van der Waals surface area contributed by atoms with Crippen LogP contribution in [0.2, 0.25) is 0 Å². The Labute approximate surface area is 142 Å². The fourth-order valence-corrected chi connectivity index (χ4v) is 3.34. The van der Waals surface area contributed by atoms with Gasteiger partial charge in [0.25, 0.3) is 5.91 Å². The maximum Gasteiger partial charge on any atom is 0.252 e. The Kier molecular flexibility index (Phi) is 5.21. The molecule has 24 heavy (non-hydrogen) atoms. The van der Waals surface area contributed by atoms with Crippen LogP contribution in [0.15, 0.2) is 34.7 Å². The summed E-state index contributed by atoms with van der Waals surface area (Å²) in [6.45, 7) is 5.24. The largest absolute Gasteiger partial charge is 0.459 e. The molecule has 3 atom stereocenters. The van der Waals surface area contributed by atoms with E-state index < -0.39 is 0 Å². The van der Waals surface area contributed by atoms with Gasteiger partial charge in [0, 0.05) is 18.5 Å². The second-order valence-electron chi connectivity index (χ2n) is 6.45. The van der Waals surface area contributed by atoms with Crippen LogP contribution in [0.25, 0.3) is 11.0 Å². The third-order valence-corrected chi connectivity index (χ3v) is 4.72. The smallest absolute Gasteiger partial charge is 0.252 e. The van der Waals surface area contributed by atoms with Crippen molar-refractivity contribution in [1.29, 1.82) is 0 Å². The zero-order valence-corrected chi connectivity index (χ0v) is 14.4. The highest BCUT2D eigenvalue weighted by Gasteiger charge is 2.35. The fraction of sp³-hybridized carbons (Fsp3) is 0.526. The molecule has 2 aromatic rings. The third kappa shape index (κ3) is 3.32. The van der Waals surface area contributed by atoms with Gasteiger partial charge >= 0.3 is 0 Å². The number of benzene rings is 1. The highest BCUT2D eigenvalue weighted by Crippen LogP contribution is 2.30. The third-order valence-electron chi connectivity index (χ3n) is 4.72. The Balaban J connectivity index is 1.80. The van der Waals surface area contributed by atoms with Crippen LogP contribution in [0.3, 0.4) is 0 Å². The number of hydrogen-bond acceptors (Lipinski definition) is 4. The molecule has 1 aliphatic heterocycles. The van der Waals surface area contributed by atoms with Crippen molar-refractivity contribution < 1.29 is 13.9 Å². The van der Waals surface area contributed by atoms with Gasteiger partial charge in [-0.25, -0.2) is 0 Å². The van der Waals surface area contributed by atoms with Crippen molar-refractivity contribution in [3.05, 3.63) is 36.1 Å². The number of para-hydroxylation sites is 1. The molecule has 3 rings (SSSR count). The molecule has 0 spiro atoms. The van der Waals surface area contributed by atoms with Gasteiger partial charge in [-0.1, -0.05) is 25.1 Å². The quantitative estimate of drug-likeness (QED) is 0.883. The van der Waals surface area contributed by atoms with Crippen LogP contribution in [0.5, 0.6) is 0 Å². The molecule has 2 N–H and O–H groups in total. The number of furan rings is 1. The number of rotatable bonds is 6.